The molecule has 132 valence electrons. The van der Waals surface area contributed by atoms with Crippen LogP contribution >= 0.6 is 0 Å². The summed E-state index contributed by atoms with van der Waals surface area (Å²) in [5.74, 6) is -1.50. The number of hydrogen-bond donors (Lipinski definition) is 3. The molecule has 0 aromatic heterocycles. The van der Waals surface area contributed by atoms with E-state index in [1.54, 1.807) is 0 Å². The Bertz CT molecular complexity index is 860. The summed E-state index contributed by atoms with van der Waals surface area (Å²) in [6.45, 7) is 2.32. The van der Waals surface area contributed by atoms with Gasteiger partial charge in [-0.25, -0.2) is 13.6 Å². The number of sulfonamides is 1. The highest BCUT2D eigenvalue weighted by Gasteiger charge is 2.13. The summed E-state index contributed by atoms with van der Waals surface area (Å²) >= 11 is 0. The molecule has 0 spiro atoms. The number of rotatable bonds is 5. The molecule has 4 N–H and O–H groups in total. The van der Waals surface area contributed by atoms with E-state index in [0.29, 0.717) is 5.56 Å². The lowest BCUT2D eigenvalue weighted by molar-refractivity contribution is -0.139. The van der Waals surface area contributed by atoms with Crippen LogP contribution in [0.15, 0.2) is 53.4 Å². The molecule has 0 bridgehead atoms. The van der Waals surface area contributed by atoms with Crippen LogP contribution in [0, 0.1) is 6.92 Å². The molecule has 25 heavy (non-hydrogen) atoms. The lowest BCUT2D eigenvalue weighted by atomic mass is 10.1. The molecule has 0 heterocycles. The van der Waals surface area contributed by atoms with E-state index in [4.69, 9.17) is 5.14 Å². The van der Waals surface area contributed by atoms with Gasteiger partial charge in [0.2, 0.25) is 10.0 Å². The Hall–Kier alpha value is -2.71. The number of nitrogens with two attached hydrogens (primary N) is 1. The lowest BCUT2D eigenvalue weighted by Gasteiger charge is -2.07. The fourth-order valence-electron chi connectivity index (χ4n) is 2.03. The number of benzene rings is 2. The first-order valence-electron chi connectivity index (χ1n) is 7.49. The average molecular weight is 361 g/mol. The molecule has 7 nitrogen and oxygen atoms in total. The summed E-state index contributed by atoms with van der Waals surface area (Å²) in [6, 6.07) is 13.3. The van der Waals surface area contributed by atoms with Gasteiger partial charge in [0.05, 0.1) is 4.90 Å². The van der Waals surface area contributed by atoms with Crippen LogP contribution in [0.4, 0.5) is 0 Å². The first-order chi connectivity index (χ1) is 11.8. The van der Waals surface area contributed by atoms with Crippen molar-refractivity contribution in [3.05, 3.63) is 65.2 Å². The summed E-state index contributed by atoms with van der Waals surface area (Å²) in [7, 11) is -3.75. The fourth-order valence-corrected chi connectivity index (χ4v) is 2.54. The normalized spacial score (nSPS) is 11.0. The van der Waals surface area contributed by atoms with Gasteiger partial charge >= 0.3 is 11.8 Å². The first-order valence-corrected chi connectivity index (χ1v) is 9.03. The SMILES string of the molecule is Cc1ccc(CNC(=O)C(=O)NCc2ccc(S(N)(=O)=O)cc2)cc1. The second-order valence-corrected chi connectivity index (χ2v) is 7.10. The average Bonchev–Trinajstić information content (AvgIpc) is 2.58. The van der Waals surface area contributed by atoms with Gasteiger partial charge in [0, 0.05) is 13.1 Å². The molecule has 0 aliphatic carbocycles. The molecule has 2 amide bonds. The van der Waals surface area contributed by atoms with E-state index >= 15 is 0 Å². The molecule has 0 radical (unpaired) electrons. The van der Waals surface area contributed by atoms with Crippen molar-refractivity contribution in [2.75, 3.05) is 0 Å². The highest BCUT2D eigenvalue weighted by Crippen LogP contribution is 2.08. The summed E-state index contributed by atoms with van der Waals surface area (Å²) in [4.78, 5) is 23.5. The minimum absolute atomic E-state index is 0.0154. The standard InChI is InChI=1S/C17H19N3O4S/c1-12-2-4-13(5-3-12)10-19-16(21)17(22)20-11-14-6-8-15(9-7-14)25(18,23)24/h2-9H,10-11H2,1H3,(H,19,21)(H,20,22)(H2,18,23,24). The first kappa shape index (κ1) is 18.6. The maximum atomic E-state index is 11.8. The van der Waals surface area contributed by atoms with Crippen LogP contribution in [0.1, 0.15) is 16.7 Å². The third-order valence-corrected chi connectivity index (χ3v) is 4.41. The highest BCUT2D eigenvalue weighted by atomic mass is 32.2. The lowest BCUT2D eigenvalue weighted by Crippen LogP contribution is -2.39. The number of hydrogen-bond acceptors (Lipinski definition) is 4. The van der Waals surface area contributed by atoms with Crippen molar-refractivity contribution in [1.29, 1.82) is 0 Å². The predicted octanol–water partition coefficient (Wildman–Crippen LogP) is 0.575. The van der Waals surface area contributed by atoms with Crippen LogP contribution in [0.3, 0.4) is 0 Å². The van der Waals surface area contributed by atoms with Gasteiger partial charge in [-0.15, -0.1) is 0 Å². The monoisotopic (exact) mass is 361 g/mol. The molecule has 0 aliphatic heterocycles. The Labute approximate surface area is 146 Å². The van der Waals surface area contributed by atoms with Crippen LogP contribution in [0.5, 0.6) is 0 Å². The van der Waals surface area contributed by atoms with Gasteiger partial charge in [0.25, 0.3) is 0 Å². The van der Waals surface area contributed by atoms with E-state index in [2.05, 4.69) is 10.6 Å². The summed E-state index contributed by atoms with van der Waals surface area (Å²) < 4.78 is 22.3. The maximum absolute atomic E-state index is 11.8. The molecule has 0 fully saturated rings. The summed E-state index contributed by atoms with van der Waals surface area (Å²) in [6.07, 6.45) is 0. The molecular weight excluding hydrogens is 342 g/mol. The zero-order valence-corrected chi connectivity index (χ0v) is 14.5. The van der Waals surface area contributed by atoms with E-state index in [-0.39, 0.29) is 18.0 Å². The van der Waals surface area contributed by atoms with Crippen molar-refractivity contribution in [1.82, 2.24) is 10.6 Å². The molecule has 2 aromatic rings. The van der Waals surface area contributed by atoms with Crippen LogP contribution in [0.25, 0.3) is 0 Å². The Balaban J connectivity index is 1.83. The summed E-state index contributed by atoms with van der Waals surface area (Å²) in [5.41, 5.74) is 2.65. The Morgan fingerprint density at radius 3 is 1.64 bits per heavy atom. The number of primary sulfonamides is 1. The molecule has 0 unspecified atom stereocenters. The Morgan fingerprint density at radius 1 is 0.840 bits per heavy atom. The Kier molecular flexibility index (Phi) is 5.89. The van der Waals surface area contributed by atoms with Crippen molar-refractivity contribution >= 4 is 21.8 Å². The Morgan fingerprint density at radius 2 is 1.24 bits per heavy atom. The minimum atomic E-state index is -3.75. The predicted molar refractivity (Wildman–Crippen MR) is 92.7 cm³/mol. The maximum Gasteiger partial charge on any atom is 0.309 e. The zero-order valence-electron chi connectivity index (χ0n) is 13.7. The van der Waals surface area contributed by atoms with Gasteiger partial charge in [-0.05, 0) is 30.2 Å². The zero-order chi connectivity index (χ0) is 18.4. The minimum Gasteiger partial charge on any atom is -0.344 e. The number of carbonyl (C=O) groups is 2. The molecular formula is C17H19N3O4S. The van der Waals surface area contributed by atoms with Gasteiger partial charge < -0.3 is 10.6 Å². The van der Waals surface area contributed by atoms with Crippen molar-refractivity contribution in [2.45, 2.75) is 24.9 Å². The van der Waals surface area contributed by atoms with E-state index in [1.807, 2.05) is 31.2 Å². The molecule has 0 saturated carbocycles. The fraction of sp³-hybridized carbons (Fsp3) is 0.176. The van der Waals surface area contributed by atoms with E-state index in [9.17, 15) is 18.0 Å². The van der Waals surface area contributed by atoms with Crippen LogP contribution in [-0.4, -0.2) is 20.2 Å². The third kappa shape index (κ3) is 5.70. The summed E-state index contributed by atoms with van der Waals surface area (Å²) in [5, 5.41) is 10.0. The van der Waals surface area contributed by atoms with Gasteiger partial charge in [-0.3, -0.25) is 9.59 Å². The number of nitrogens with one attached hydrogen (secondary N) is 2. The highest BCUT2D eigenvalue weighted by molar-refractivity contribution is 7.89. The van der Waals surface area contributed by atoms with Crippen molar-refractivity contribution in [3.8, 4) is 0 Å². The number of amides is 2. The van der Waals surface area contributed by atoms with Crippen molar-refractivity contribution in [3.63, 3.8) is 0 Å². The third-order valence-electron chi connectivity index (χ3n) is 3.48. The van der Waals surface area contributed by atoms with Gasteiger partial charge in [-0.1, -0.05) is 42.0 Å². The smallest absolute Gasteiger partial charge is 0.309 e. The second-order valence-electron chi connectivity index (χ2n) is 5.54. The van der Waals surface area contributed by atoms with Crippen LogP contribution < -0.4 is 15.8 Å². The van der Waals surface area contributed by atoms with E-state index in [0.717, 1.165) is 11.1 Å². The molecule has 2 rings (SSSR count). The molecule has 8 heteroatoms. The van der Waals surface area contributed by atoms with Gasteiger partial charge in [0.1, 0.15) is 0 Å². The molecule has 0 atom stereocenters. The topological polar surface area (TPSA) is 118 Å². The molecule has 0 aliphatic rings. The van der Waals surface area contributed by atoms with Crippen LogP contribution in [-0.2, 0) is 32.7 Å². The largest absolute Gasteiger partial charge is 0.344 e. The van der Waals surface area contributed by atoms with E-state index < -0.39 is 21.8 Å². The van der Waals surface area contributed by atoms with E-state index in [1.165, 1.54) is 24.3 Å². The van der Waals surface area contributed by atoms with Gasteiger partial charge in [0.15, 0.2) is 0 Å². The van der Waals surface area contributed by atoms with Crippen LogP contribution in [0.2, 0.25) is 0 Å². The molecule has 0 saturated heterocycles. The number of aryl methyl sites for hydroxylation is 1. The van der Waals surface area contributed by atoms with Crippen molar-refractivity contribution < 1.29 is 18.0 Å². The van der Waals surface area contributed by atoms with Crippen molar-refractivity contribution in [2.24, 2.45) is 5.14 Å². The number of carbonyl (C=O) groups excluding carboxylic acids is 2. The van der Waals surface area contributed by atoms with Gasteiger partial charge in [-0.2, -0.15) is 0 Å². The second kappa shape index (κ2) is 7.91. The molecule has 2 aromatic carbocycles. The quantitative estimate of drug-likeness (QED) is 0.675.